The highest BCUT2D eigenvalue weighted by molar-refractivity contribution is 5.86. The molecule has 2 atom stereocenters. The molecule has 1 saturated heterocycles. The van der Waals surface area contributed by atoms with Gasteiger partial charge in [-0.1, -0.05) is 6.42 Å². The largest absolute Gasteiger partial charge is 0.481 e. The summed E-state index contributed by atoms with van der Waals surface area (Å²) in [6, 6.07) is 0.513. The van der Waals surface area contributed by atoms with Crippen LogP contribution >= 0.6 is 0 Å². The fraction of sp³-hybridized carbons (Fsp3) is 0.857. The molecule has 0 aromatic rings. The van der Waals surface area contributed by atoms with Crippen molar-refractivity contribution in [3.8, 4) is 0 Å². The maximum absolute atomic E-state index is 12.4. The summed E-state index contributed by atoms with van der Waals surface area (Å²) in [6.07, 6.45) is 5.68. The van der Waals surface area contributed by atoms with Crippen molar-refractivity contribution in [2.75, 3.05) is 0 Å². The number of carboxylic acid groups (broad SMARTS) is 1. The third-order valence-electron chi connectivity index (χ3n) is 4.74. The standard InChI is InChI=1S/C14H23NO3/c1-10-5-3-6-11(2)15(10)12(16)9-14(13(17)18)7-4-8-14/h10-11H,3-9H2,1-2H3,(H,17,18). The van der Waals surface area contributed by atoms with Crippen LogP contribution in [0.15, 0.2) is 0 Å². The van der Waals surface area contributed by atoms with E-state index < -0.39 is 11.4 Å². The van der Waals surface area contributed by atoms with Gasteiger partial charge in [-0.05, 0) is 46.0 Å². The van der Waals surface area contributed by atoms with E-state index in [2.05, 4.69) is 13.8 Å². The molecule has 2 unspecified atom stereocenters. The predicted molar refractivity (Wildman–Crippen MR) is 68.2 cm³/mol. The van der Waals surface area contributed by atoms with Crippen LogP contribution < -0.4 is 0 Å². The van der Waals surface area contributed by atoms with Crippen LogP contribution in [0.5, 0.6) is 0 Å². The number of rotatable bonds is 3. The smallest absolute Gasteiger partial charge is 0.310 e. The van der Waals surface area contributed by atoms with Crippen LogP contribution in [-0.4, -0.2) is 34.0 Å². The zero-order valence-electron chi connectivity index (χ0n) is 11.3. The molecule has 2 rings (SSSR count). The lowest BCUT2D eigenvalue weighted by molar-refractivity contribution is -0.161. The highest BCUT2D eigenvalue weighted by Gasteiger charge is 2.47. The van der Waals surface area contributed by atoms with Crippen molar-refractivity contribution in [2.45, 2.75) is 70.9 Å². The van der Waals surface area contributed by atoms with Gasteiger partial charge in [0.15, 0.2) is 0 Å². The van der Waals surface area contributed by atoms with Crippen LogP contribution in [-0.2, 0) is 9.59 Å². The minimum Gasteiger partial charge on any atom is -0.481 e. The summed E-state index contributed by atoms with van der Waals surface area (Å²) in [7, 11) is 0. The Kier molecular flexibility index (Phi) is 3.64. The van der Waals surface area contributed by atoms with Gasteiger partial charge >= 0.3 is 5.97 Å². The van der Waals surface area contributed by atoms with E-state index in [4.69, 9.17) is 0 Å². The van der Waals surface area contributed by atoms with Gasteiger partial charge in [-0.3, -0.25) is 9.59 Å². The topological polar surface area (TPSA) is 57.6 Å². The van der Waals surface area contributed by atoms with Gasteiger partial charge in [-0.25, -0.2) is 0 Å². The van der Waals surface area contributed by atoms with E-state index in [1.165, 1.54) is 0 Å². The first-order chi connectivity index (χ1) is 8.46. The van der Waals surface area contributed by atoms with Gasteiger partial charge in [-0.2, -0.15) is 0 Å². The SMILES string of the molecule is CC1CCCC(C)N1C(=O)CC1(C(=O)O)CCC1. The molecule has 1 aliphatic carbocycles. The summed E-state index contributed by atoms with van der Waals surface area (Å²) in [5.41, 5.74) is -0.756. The zero-order chi connectivity index (χ0) is 13.3. The van der Waals surface area contributed by atoms with Crippen molar-refractivity contribution < 1.29 is 14.7 Å². The fourth-order valence-corrected chi connectivity index (χ4v) is 3.36. The summed E-state index contributed by atoms with van der Waals surface area (Å²) in [6.45, 7) is 4.14. The molecule has 4 nitrogen and oxygen atoms in total. The third-order valence-corrected chi connectivity index (χ3v) is 4.74. The molecule has 1 N–H and O–H groups in total. The van der Waals surface area contributed by atoms with Crippen LogP contribution in [0.25, 0.3) is 0 Å². The van der Waals surface area contributed by atoms with Gasteiger partial charge in [0.25, 0.3) is 0 Å². The second-order valence-corrected chi connectivity index (χ2v) is 6.05. The number of carboxylic acids is 1. The highest BCUT2D eigenvalue weighted by atomic mass is 16.4. The van der Waals surface area contributed by atoms with Crippen molar-refractivity contribution in [3.63, 3.8) is 0 Å². The molecule has 18 heavy (non-hydrogen) atoms. The van der Waals surface area contributed by atoms with E-state index in [-0.39, 0.29) is 24.4 Å². The van der Waals surface area contributed by atoms with Gasteiger partial charge in [-0.15, -0.1) is 0 Å². The number of likely N-dealkylation sites (tertiary alicyclic amines) is 1. The molecule has 0 spiro atoms. The lowest BCUT2D eigenvalue weighted by atomic mass is 9.66. The number of amides is 1. The molecule has 1 heterocycles. The van der Waals surface area contributed by atoms with Gasteiger partial charge in [0.05, 0.1) is 5.41 Å². The fourth-order valence-electron chi connectivity index (χ4n) is 3.36. The molecule has 0 aromatic heterocycles. The average molecular weight is 253 g/mol. The Balaban J connectivity index is 2.04. The Morgan fingerprint density at radius 2 is 1.72 bits per heavy atom. The first-order valence-corrected chi connectivity index (χ1v) is 7.01. The highest BCUT2D eigenvalue weighted by Crippen LogP contribution is 2.45. The second-order valence-electron chi connectivity index (χ2n) is 6.05. The molecule has 2 fully saturated rings. The van der Waals surface area contributed by atoms with Crippen molar-refractivity contribution in [3.05, 3.63) is 0 Å². The van der Waals surface area contributed by atoms with Crippen LogP contribution in [0.4, 0.5) is 0 Å². The van der Waals surface area contributed by atoms with Crippen molar-refractivity contribution in [2.24, 2.45) is 5.41 Å². The number of nitrogens with zero attached hydrogens (tertiary/aromatic N) is 1. The first-order valence-electron chi connectivity index (χ1n) is 7.01. The Morgan fingerprint density at radius 3 is 2.11 bits per heavy atom. The molecule has 0 aromatic carbocycles. The molecule has 1 amide bonds. The summed E-state index contributed by atoms with van der Waals surface area (Å²) < 4.78 is 0. The normalized spacial score (nSPS) is 30.7. The van der Waals surface area contributed by atoms with Crippen molar-refractivity contribution in [1.29, 1.82) is 0 Å². The first kappa shape index (κ1) is 13.4. The van der Waals surface area contributed by atoms with E-state index in [1.807, 2.05) is 4.90 Å². The summed E-state index contributed by atoms with van der Waals surface area (Å²) >= 11 is 0. The zero-order valence-corrected chi connectivity index (χ0v) is 11.3. The predicted octanol–water partition coefficient (Wildman–Crippen LogP) is 2.42. The van der Waals surface area contributed by atoms with Crippen LogP contribution in [0.3, 0.4) is 0 Å². The molecule has 102 valence electrons. The lowest BCUT2D eigenvalue weighted by Gasteiger charge is -2.43. The van der Waals surface area contributed by atoms with E-state index in [9.17, 15) is 14.7 Å². The molecule has 4 heteroatoms. The lowest BCUT2D eigenvalue weighted by Crippen LogP contribution is -2.51. The Morgan fingerprint density at radius 1 is 1.17 bits per heavy atom. The van der Waals surface area contributed by atoms with Gasteiger partial charge < -0.3 is 10.0 Å². The van der Waals surface area contributed by atoms with Crippen LogP contribution in [0.2, 0.25) is 0 Å². The number of carbonyl (C=O) groups is 2. The molecule has 1 saturated carbocycles. The summed E-state index contributed by atoms with van der Waals surface area (Å²) in [5, 5.41) is 9.29. The van der Waals surface area contributed by atoms with Crippen molar-refractivity contribution in [1.82, 2.24) is 4.90 Å². The van der Waals surface area contributed by atoms with Gasteiger partial charge in [0.2, 0.25) is 5.91 Å². The number of aliphatic carboxylic acids is 1. The Bertz CT molecular complexity index is 339. The van der Waals surface area contributed by atoms with Gasteiger partial charge in [0.1, 0.15) is 0 Å². The number of hydrogen-bond acceptors (Lipinski definition) is 2. The average Bonchev–Trinajstić information content (AvgIpc) is 2.22. The van der Waals surface area contributed by atoms with Crippen LogP contribution in [0, 0.1) is 5.41 Å². The number of hydrogen-bond donors (Lipinski definition) is 1. The minimum absolute atomic E-state index is 0.0387. The molecule has 0 bridgehead atoms. The molecule has 0 radical (unpaired) electrons. The van der Waals surface area contributed by atoms with Crippen molar-refractivity contribution >= 4 is 11.9 Å². The van der Waals surface area contributed by atoms with E-state index in [1.54, 1.807) is 0 Å². The third kappa shape index (κ3) is 2.25. The number of piperidine rings is 1. The maximum atomic E-state index is 12.4. The van der Waals surface area contributed by atoms with E-state index in [0.717, 1.165) is 25.7 Å². The monoisotopic (exact) mass is 253 g/mol. The minimum atomic E-state index is -0.792. The summed E-state index contributed by atoms with van der Waals surface area (Å²) in [4.78, 5) is 25.6. The van der Waals surface area contributed by atoms with E-state index in [0.29, 0.717) is 12.8 Å². The van der Waals surface area contributed by atoms with Crippen LogP contribution in [0.1, 0.15) is 58.8 Å². The Labute approximate surface area is 108 Å². The quantitative estimate of drug-likeness (QED) is 0.840. The molecule has 2 aliphatic rings. The Hall–Kier alpha value is -1.06. The van der Waals surface area contributed by atoms with E-state index >= 15 is 0 Å². The second kappa shape index (κ2) is 4.90. The summed E-state index contributed by atoms with van der Waals surface area (Å²) in [5.74, 6) is -0.754. The molecule has 1 aliphatic heterocycles. The van der Waals surface area contributed by atoms with Gasteiger partial charge in [0, 0.05) is 18.5 Å². The number of carbonyl (C=O) groups excluding carboxylic acids is 1. The molecular formula is C14H23NO3. The molecular weight excluding hydrogens is 230 g/mol. The maximum Gasteiger partial charge on any atom is 0.310 e.